The summed E-state index contributed by atoms with van der Waals surface area (Å²) in [6.07, 6.45) is 1.31. The summed E-state index contributed by atoms with van der Waals surface area (Å²) in [5.41, 5.74) is 0. The summed E-state index contributed by atoms with van der Waals surface area (Å²) in [5, 5.41) is 3.52. The Bertz CT molecular complexity index is 896. The smallest absolute Gasteiger partial charge is 0.309 e. The quantitative estimate of drug-likeness (QED) is 0.393. The van der Waals surface area contributed by atoms with Crippen molar-refractivity contribution >= 4 is 21.7 Å². The van der Waals surface area contributed by atoms with Crippen LogP contribution in [0.1, 0.15) is 11.0 Å². The largest absolute Gasteiger partial charge is 0.468 e. The Balaban J connectivity index is 2.11. The van der Waals surface area contributed by atoms with Gasteiger partial charge < -0.3 is 20.0 Å². The summed E-state index contributed by atoms with van der Waals surface area (Å²) in [4.78, 5) is 24.8. The molecule has 28 heavy (non-hydrogen) atoms. The van der Waals surface area contributed by atoms with Gasteiger partial charge in [-0.1, -0.05) is 0 Å². The van der Waals surface area contributed by atoms with Crippen molar-refractivity contribution in [1.29, 1.82) is 0 Å². The molecular weight excluding hydrogens is 389 g/mol. The molecule has 1 heterocycles. The van der Waals surface area contributed by atoms with E-state index >= 15 is 0 Å². The van der Waals surface area contributed by atoms with Crippen LogP contribution >= 0.6 is 0 Å². The minimum absolute atomic E-state index is 0.0984. The van der Waals surface area contributed by atoms with Crippen molar-refractivity contribution in [3.8, 4) is 0 Å². The predicted octanol–water partition coefficient (Wildman–Crippen LogP) is -0.689. The zero-order valence-corrected chi connectivity index (χ0v) is 16.4. The number of amides is 2. The predicted molar refractivity (Wildman–Crippen MR) is 98.7 cm³/mol. The van der Waals surface area contributed by atoms with Crippen LogP contribution in [0.2, 0.25) is 0 Å². The fraction of sp³-hybridized carbons (Fsp3) is 0.333. The van der Waals surface area contributed by atoms with Crippen LogP contribution in [0.25, 0.3) is 0 Å². The molecule has 0 saturated carbocycles. The number of hydrogen-bond acceptors (Lipinski definition) is 5. The number of halogens is 1. The highest BCUT2D eigenvalue weighted by Gasteiger charge is 2.32. The van der Waals surface area contributed by atoms with Gasteiger partial charge in [0.2, 0.25) is 0 Å². The fourth-order valence-electron chi connectivity index (χ4n) is 2.40. The number of sulfone groups is 1. The standard InChI is InChI=1S/C18H22FN3O5S/c1-22(2)10-9-20-17(23)18(24)21-12-16(15-4-3-11-27-15)28(25,26)14-7-5-13(19)6-8-14/h3-8,11,16H,9-10,12H2,1-2H3,(H,20,23)(H,21,24)/p+1/t16-/m0/s1. The molecule has 0 aliphatic heterocycles. The second-order valence-corrected chi connectivity index (χ2v) is 8.56. The number of likely N-dealkylation sites (N-methyl/N-ethyl adjacent to an activating group) is 1. The Hall–Kier alpha value is -2.72. The molecule has 1 aromatic heterocycles. The van der Waals surface area contributed by atoms with Gasteiger partial charge in [-0.15, -0.1) is 0 Å². The summed E-state index contributed by atoms with van der Waals surface area (Å²) in [7, 11) is -0.194. The van der Waals surface area contributed by atoms with E-state index in [-0.39, 0.29) is 17.2 Å². The lowest BCUT2D eigenvalue weighted by Crippen LogP contribution is -3.06. The molecule has 10 heteroatoms. The van der Waals surface area contributed by atoms with E-state index in [0.717, 1.165) is 29.2 Å². The van der Waals surface area contributed by atoms with Gasteiger partial charge >= 0.3 is 11.8 Å². The number of nitrogens with one attached hydrogen (secondary N) is 3. The Labute approximate surface area is 162 Å². The van der Waals surface area contributed by atoms with E-state index in [9.17, 15) is 22.4 Å². The minimum Gasteiger partial charge on any atom is -0.468 e. The molecule has 0 aliphatic carbocycles. The van der Waals surface area contributed by atoms with E-state index in [1.807, 2.05) is 14.1 Å². The number of benzene rings is 1. The van der Waals surface area contributed by atoms with Crippen molar-refractivity contribution in [2.75, 3.05) is 33.7 Å². The van der Waals surface area contributed by atoms with Gasteiger partial charge in [-0.05, 0) is 36.4 Å². The first kappa shape index (κ1) is 21.6. The molecule has 0 radical (unpaired) electrons. The number of quaternary nitrogens is 1. The van der Waals surface area contributed by atoms with E-state index in [1.165, 1.54) is 18.4 Å². The van der Waals surface area contributed by atoms with E-state index in [0.29, 0.717) is 13.1 Å². The van der Waals surface area contributed by atoms with Crippen LogP contribution in [0.4, 0.5) is 4.39 Å². The highest BCUT2D eigenvalue weighted by atomic mass is 32.2. The Morgan fingerprint density at radius 2 is 1.75 bits per heavy atom. The number of hydrogen-bond donors (Lipinski definition) is 3. The Kier molecular flexibility index (Phi) is 7.30. The molecule has 8 nitrogen and oxygen atoms in total. The second kappa shape index (κ2) is 9.47. The van der Waals surface area contributed by atoms with Crippen LogP contribution in [-0.2, 0) is 19.4 Å². The molecule has 0 saturated heterocycles. The molecule has 2 rings (SSSR count). The van der Waals surface area contributed by atoms with Crippen LogP contribution in [0.15, 0.2) is 52.0 Å². The van der Waals surface area contributed by atoms with Crippen molar-refractivity contribution in [3.05, 3.63) is 54.2 Å². The van der Waals surface area contributed by atoms with E-state index < -0.39 is 32.7 Å². The number of carbonyl (C=O) groups is 2. The highest BCUT2D eigenvalue weighted by Crippen LogP contribution is 2.29. The average molecular weight is 412 g/mol. The van der Waals surface area contributed by atoms with Crippen molar-refractivity contribution in [1.82, 2.24) is 10.6 Å². The second-order valence-electron chi connectivity index (χ2n) is 6.43. The third-order valence-corrected chi connectivity index (χ3v) is 6.02. The van der Waals surface area contributed by atoms with Gasteiger partial charge in [0.25, 0.3) is 0 Å². The molecule has 0 fully saturated rings. The normalized spacial score (nSPS) is 12.6. The fourth-order valence-corrected chi connectivity index (χ4v) is 3.98. The van der Waals surface area contributed by atoms with Crippen LogP contribution in [-0.4, -0.2) is 54.0 Å². The van der Waals surface area contributed by atoms with Crippen molar-refractivity contribution in [2.24, 2.45) is 0 Å². The first-order chi connectivity index (χ1) is 13.2. The van der Waals surface area contributed by atoms with Gasteiger partial charge in [0.1, 0.15) is 16.8 Å². The lowest BCUT2D eigenvalue weighted by Gasteiger charge is -2.16. The summed E-state index contributed by atoms with van der Waals surface area (Å²) in [6, 6.07) is 7.31. The summed E-state index contributed by atoms with van der Waals surface area (Å²) < 4.78 is 44.2. The van der Waals surface area contributed by atoms with E-state index in [2.05, 4.69) is 10.6 Å². The average Bonchev–Trinajstić information content (AvgIpc) is 3.15. The minimum atomic E-state index is -4.00. The molecule has 2 aromatic rings. The van der Waals surface area contributed by atoms with Crippen molar-refractivity contribution in [2.45, 2.75) is 10.1 Å². The van der Waals surface area contributed by atoms with Gasteiger partial charge in [0, 0.05) is 6.54 Å². The van der Waals surface area contributed by atoms with Gasteiger partial charge in [-0.2, -0.15) is 0 Å². The zero-order valence-electron chi connectivity index (χ0n) is 15.6. The summed E-state index contributed by atoms with van der Waals surface area (Å²) in [6.45, 7) is 0.565. The summed E-state index contributed by atoms with van der Waals surface area (Å²) in [5.74, 6) is -2.27. The maximum absolute atomic E-state index is 13.1. The molecular formula is C18H23FN3O5S+. The van der Waals surface area contributed by atoms with Crippen molar-refractivity contribution in [3.63, 3.8) is 0 Å². The summed E-state index contributed by atoms with van der Waals surface area (Å²) >= 11 is 0. The molecule has 0 unspecified atom stereocenters. The first-order valence-corrected chi connectivity index (χ1v) is 10.1. The molecule has 0 spiro atoms. The lowest BCUT2D eigenvalue weighted by molar-refractivity contribution is -0.856. The van der Waals surface area contributed by atoms with Gasteiger partial charge in [0.05, 0.1) is 38.3 Å². The highest BCUT2D eigenvalue weighted by molar-refractivity contribution is 7.91. The number of carbonyl (C=O) groups excluding carboxylic acids is 2. The maximum Gasteiger partial charge on any atom is 0.309 e. The molecule has 0 bridgehead atoms. The molecule has 2 amide bonds. The number of furan rings is 1. The lowest BCUT2D eigenvalue weighted by atomic mass is 10.3. The SMILES string of the molecule is C[NH+](C)CCNC(=O)C(=O)NC[C@@H](c1ccco1)S(=O)(=O)c1ccc(F)cc1. The topological polar surface area (TPSA) is 110 Å². The third kappa shape index (κ3) is 5.64. The Morgan fingerprint density at radius 3 is 2.32 bits per heavy atom. The van der Waals surface area contributed by atoms with Gasteiger partial charge in [-0.3, -0.25) is 9.59 Å². The third-order valence-electron chi connectivity index (χ3n) is 3.94. The maximum atomic E-state index is 13.1. The van der Waals surface area contributed by atoms with Crippen LogP contribution in [0.3, 0.4) is 0 Å². The van der Waals surface area contributed by atoms with Gasteiger partial charge in [-0.25, -0.2) is 12.8 Å². The van der Waals surface area contributed by atoms with Crippen LogP contribution in [0.5, 0.6) is 0 Å². The molecule has 1 atom stereocenters. The van der Waals surface area contributed by atoms with Gasteiger partial charge in [0.15, 0.2) is 9.84 Å². The van der Waals surface area contributed by atoms with Crippen LogP contribution in [0, 0.1) is 5.82 Å². The first-order valence-electron chi connectivity index (χ1n) is 8.59. The molecule has 152 valence electrons. The monoisotopic (exact) mass is 412 g/mol. The molecule has 3 N–H and O–H groups in total. The molecule has 0 aliphatic rings. The zero-order chi connectivity index (χ0) is 20.7. The number of rotatable bonds is 8. The van der Waals surface area contributed by atoms with Crippen LogP contribution < -0.4 is 15.5 Å². The van der Waals surface area contributed by atoms with Crippen molar-refractivity contribution < 1.29 is 31.7 Å². The van der Waals surface area contributed by atoms with E-state index in [4.69, 9.17) is 4.42 Å². The van der Waals surface area contributed by atoms with E-state index in [1.54, 1.807) is 0 Å². The Morgan fingerprint density at radius 1 is 1.11 bits per heavy atom. The molecule has 1 aromatic carbocycles.